The van der Waals surface area contributed by atoms with Crippen molar-refractivity contribution in [3.63, 3.8) is 0 Å². The minimum Gasteiger partial charge on any atom is -0.321 e. The lowest BCUT2D eigenvalue weighted by molar-refractivity contribution is -0.387. The smallest absolute Gasteiger partial charge is 0.305 e. The van der Waals surface area contributed by atoms with Crippen molar-refractivity contribution in [1.82, 2.24) is 0 Å². The summed E-state index contributed by atoms with van der Waals surface area (Å²) in [4.78, 5) is 21.2. The highest BCUT2D eigenvalue weighted by molar-refractivity contribution is 7.08. The van der Waals surface area contributed by atoms with Gasteiger partial charge in [-0.05, 0) is 17.5 Å². The molecule has 0 atom stereocenters. The number of amides is 1. The number of nitro groups is 1. The number of rotatable bonds is 3. The Balaban J connectivity index is 2.41. The van der Waals surface area contributed by atoms with Crippen molar-refractivity contribution >= 4 is 28.6 Å². The Hall–Kier alpha value is -2.35. The van der Waals surface area contributed by atoms with Gasteiger partial charge in [-0.1, -0.05) is 0 Å². The lowest BCUT2D eigenvalue weighted by atomic mass is 10.1. The summed E-state index contributed by atoms with van der Waals surface area (Å²) in [7, 11) is 0. The van der Waals surface area contributed by atoms with Crippen molar-refractivity contribution in [2.24, 2.45) is 0 Å². The van der Waals surface area contributed by atoms with Gasteiger partial charge >= 0.3 is 5.69 Å². The van der Waals surface area contributed by atoms with Gasteiger partial charge in [0.25, 0.3) is 5.91 Å². The quantitative estimate of drug-likeness (QED) is 0.695. The Morgan fingerprint density at radius 1 is 1.32 bits per heavy atom. The molecule has 0 unspecified atom stereocenters. The summed E-state index contributed by atoms with van der Waals surface area (Å²) in [5.74, 6) is -3.72. The molecule has 1 N–H and O–H groups in total. The molecule has 19 heavy (non-hydrogen) atoms. The number of nitro benzene ring substituents is 1. The zero-order valence-electron chi connectivity index (χ0n) is 9.22. The Kier molecular flexibility index (Phi) is 3.52. The summed E-state index contributed by atoms with van der Waals surface area (Å²) >= 11 is 1.28. The predicted octanol–water partition coefficient (Wildman–Crippen LogP) is 3.19. The molecule has 5 nitrogen and oxygen atoms in total. The van der Waals surface area contributed by atoms with Crippen molar-refractivity contribution in [2.45, 2.75) is 0 Å². The van der Waals surface area contributed by atoms with Gasteiger partial charge in [-0.3, -0.25) is 14.9 Å². The minimum atomic E-state index is -1.49. The molecular formula is C11H6F2N2O3S. The highest BCUT2D eigenvalue weighted by Gasteiger charge is 2.26. The van der Waals surface area contributed by atoms with Crippen LogP contribution >= 0.6 is 11.3 Å². The first-order valence-corrected chi connectivity index (χ1v) is 5.91. The third kappa shape index (κ3) is 2.58. The summed E-state index contributed by atoms with van der Waals surface area (Å²) in [6.07, 6.45) is 0. The van der Waals surface area contributed by atoms with Crippen molar-refractivity contribution < 1.29 is 18.5 Å². The number of carbonyl (C=O) groups excluding carboxylic acids is 1. The van der Waals surface area contributed by atoms with Crippen LogP contribution in [-0.2, 0) is 0 Å². The van der Waals surface area contributed by atoms with E-state index in [9.17, 15) is 23.7 Å². The van der Waals surface area contributed by atoms with Crippen molar-refractivity contribution in [1.29, 1.82) is 0 Å². The van der Waals surface area contributed by atoms with E-state index in [1.807, 2.05) is 0 Å². The maximum Gasteiger partial charge on any atom is 0.305 e. The molecule has 8 heteroatoms. The molecule has 1 amide bonds. The number of halogens is 2. The van der Waals surface area contributed by atoms with E-state index in [1.165, 1.54) is 17.4 Å². The molecule has 0 aliphatic heterocycles. The lowest BCUT2D eigenvalue weighted by Crippen LogP contribution is -2.16. The topological polar surface area (TPSA) is 72.2 Å². The first-order chi connectivity index (χ1) is 9.00. The molecule has 0 radical (unpaired) electrons. The number of hydrogen-bond acceptors (Lipinski definition) is 4. The zero-order chi connectivity index (χ0) is 14.0. The van der Waals surface area contributed by atoms with Crippen molar-refractivity contribution in [3.05, 3.63) is 56.3 Å². The third-order valence-electron chi connectivity index (χ3n) is 2.27. The SMILES string of the molecule is O=C(Nc1ccsc1)c1c(F)ccc([N+](=O)[O-])c1F. The normalized spacial score (nSPS) is 10.2. The predicted molar refractivity (Wildman–Crippen MR) is 65.3 cm³/mol. The van der Waals surface area contributed by atoms with Crippen LogP contribution in [0.25, 0.3) is 0 Å². The zero-order valence-corrected chi connectivity index (χ0v) is 10.0. The fourth-order valence-electron chi connectivity index (χ4n) is 1.42. The van der Waals surface area contributed by atoms with Gasteiger partial charge in [0, 0.05) is 11.4 Å². The molecule has 98 valence electrons. The van der Waals surface area contributed by atoms with Gasteiger partial charge in [-0.2, -0.15) is 15.7 Å². The first-order valence-electron chi connectivity index (χ1n) is 4.96. The van der Waals surface area contributed by atoms with Gasteiger partial charge in [0.05, 0.1) is 10.6 Å². The number of carbonyl (C=O) groups is 1. The van der Waals surface area contributed by atoms with E-state index in [0.717, 1.165) is 0 Å². The van der Waals surface area contributed by atoms with Crippen LogP contribution in [0.3, 0.4) is 0 Å². The standard InChI is InChI=1S/C11H6F2N2O3S/c12-7-1-2-8(15(17)18)10(13)9(7)11(16)14-6-3-4-19-5-6/h1-5H,(H,14,16). The fraction of sp³-hybridized carbons (Fsp3) is 0. The van der Waals surface area contributed by atoms with Gasteiger partial charge in [0.1, 0.15) is 11.4 Å². The Morgan fingerprint density at radius 3 is 2.63 bits per heavy atom. The Labute approximate surface area is 109 Å². The molecule has 1 aromatic heterocycles. The van der Waals surface area contributed by atoms with Crippen LogP contribution < -0.4 is 5.32 Å². The van der Waals surface area contributed by atoms with E-state index in [2.05, 4.69) is 5.32 Å². The van der Waals surface area contributed by atoms with Crippen LogP contribution in [0.2, 0.25) is 0 Å². The van der Waals surface area contributed by atoms with E-state index in [0.29, 0.717) is 17.8 Å². The minimum absolute atomic E-state index is 0.361. The molecule has 0 fully saturated rings. The maximum atomic E-state index is 13.7. The summed E-state index contributed by atoms with van der Waals surface area (Å²) < 4.78 is 27.2. The molecule has 1 aromatic carbocycles. The summed E-state index contributed by atoms with van der Waals surface area (Å²) in [5, 5.41) is 16.0. The molecule has 0 saturated carbocycles. The van der Waals surface area contributed by atoms with E-state index < -0.39 is 33.7 Å². The van der Waals surface area contributed by atoms with Gasteiger partial charge in [-0.15, -0.1) is 0 Å². The van der Waals surface area contributed by atoms with Gasteiger partial charge in [0.2, 0.25) is 5.82 Å². The van der Waals surface area contributed by atoms with E-state index in [1.54, 1.807) is 10.8 Å². The van der Waals surface area contributed by atoms with Gasteiger partial charge < -0.3 is 5.32 Å². The van der Waals surface area contributed by atoms with Crippen molar-refractivity contribution in [2.75, 3.05) is 5.32 Å². The third-order valence-corrected chi connectivity index (χ3v) is 2.96. The number of hydrogen-bond donors (Lipinski definition) is 1. The summed E-state index contributed by atoms with van der Waals surface area (Å²) in [6.45, 7) is 0. The van der Waals surface area contributed by atoms with E-state index in [-0.39, 0.29) is 0 Å². The second-order valence-electron chi connectivity index (χ2n) is 3.48. The maximum absolute atomic E-state index is 13.7. The van der Waals surface area contributed by atoms with E-state index in [4.69, 9.17) is 0 Å². The molecule has 0 aliphatic rings. The highest BCUT2D eigenvalue weighted by atomic mass is 32.1. The van der Waals surface area contributed by atoms with Gasteiger partial charge in [0.15, 0.2) is 0 Å². The molecule has 2 rings (SSSR count). The van der Waals surface area contributed by atoms with E-state index >= 15 is 0 Å². The van der Waals surface area contributed by atoms with Crippen LogP contribution in [-0.4, -0.2) is 10.8 Å². The average molecular weight is 284 g/mol. The molecule has 0 aliphatic carbocycles. The van der Waals surface area contributed by atoms with Crippen LogP contribution in [0.5, 0.6) is 0 Å². The molecular weight excluding hydrogens is 278 g/mol. The number of nitrogens with one attached hydrogen (secondary N) is 1. The molecule has 2 aromatic rings. The average Bonchev–Trinajstić information content (AvgIpc) is 2.81. The summed E-state index contributed by atoms with van der Waals surface area (Å²) in [6, 6.07) is 2.89. The first kappa shape index (κ1) is 13.1. The molecule has 0 saturated heterocycles. The number of anilines is 1. The fourth-order valence-corrected chi connectivity index (χ4v) is 2.01. The Bertz CT molecular complexity index is 644. The van der Waals surface area contributed by atoms with Crippen LogP contribution in [0.15, 0.2) is 29.0 Å². The molecule has 1 heterocycles. The monoisotopic (exact) mass is 284 g/mol. The van der Waals surface area contributed by atoms with Crippen molar-refractivity contribution in [3.8, 4) is 0 Å². The molecule has 0 bridgehead atoms. The Morgan fingerprint density at radius 2 is 2.05 bits per heavy atom. The number of thiophene rings is 1. The second-order valence-corrected chi connectivity index (χ2v) is 4.26. The number of benzene rings is 1. The largest absolute Gasteiger partial charge is 0.321 e. The second kappa shape index (κ2) is 5.11. The lowest BCUT2D eigenvalue weighted by Gasteiger charge is -2.05. The van der Waals surface area contributed by atoms with Crippen LogP contribution in [0.1, 0.15) is 10.4 Å². The molecule has 0 spiro atoms. The number of nitrogens with zero attached hydrogens (tertiary/aromatic N) is 1. The van der Waals surface area contributed by atoms with Gasteiger partial charge in [-0.25, -0.2) is 4.39 Å². The van der Waals surface area contributed by atoms with Crippen LogP contribution in [0, 0.1) is 21.7 Å². The summed E-state index contributed by atoms with van der Waals surface area (Å²) in [5.41, 5.74) is -1.56. The highest BCUT2D eigenvalue weighted by Crippen LogP contribution is 2.24. The van der Waals surface area contributed by atoms with Crippen LogP contribution in [0.4, 0.5) is 20.2 Å².